The van der Waals surface area contributed by atoms with Crippen molar-refractivity contribution in [2.24, 2.45) is 0 Å². The number of para-hydroxylation sites is 1. The van der Waals surface area contributed by atoms with Crippen LogP contribution in [0.4, 0.5) is 8.78 Å². The zero-order valence-electron chi connectivity index (χ0n) is 20.9. The van der Waals surface area contributed by atoms with Crippen molar-refractivity contribution in [2.45, 2.75) is 19.4 Å². The molecule has 0 fully saturated rings. The van der Waals surface area contributed by atoms with Gasteiger partial charge in [-0.1, -0.05) is 18.2 Å². The molecule has 0 unspecified atom stereocenters. The quantitative estimate of drug-likeness (QED) is 0.327. The molecule has 1 N–H and O–H groups in total. The van der Waals surface area contributed by atoms with Crippen LogP contribution in [0.5, 0.6) is 5.75 Å². The van der Waals surface area contributed by atoms with Crippen LogP contribution in [0.1, 0.15) is 35.3 Å². The van der Waals surface area contributed by atoms with E-state index in [-0.39, 0.29) is 11.9 Å². The summed E-state index contributed by atoms with van der Waals surface area (Å²) in [6.07, 6.45) is 2.48. The van der Waals surface area contributed by atoms with E-state index < -0.39 is 11.6 Å². The molecule has 0 aliphatic heterocycles. The monoisotopic (exact) mass is 492 g/mol. The lowest BCUT2D eigenvalue weighted by atomic mass is 9.98. The number of rotatable bonds is 9. The number of amides is 1. The summed E-state index contributed by atoms with van der Waals surface area (Å²) < 4.78 is 33.5. The van der Waals surface area contributed by atoms with Crippen molar-refractivity contribution in [3.63, 3.8) is 0 Å². The largest absolute Gasteiger partial charge is 0.493 e. The van der Waals surface area contributed by atoms with E-state index in [1.807, 2.05) is 39.2 Å². The molecular formula is C28H30F2N4O2. The Kier molecular flexibility index (Phi) is 7.64. The maximum Gasteiger partial charge on any atom is 0.254 e. The maximum atomic E-state index is 13.9. The molecule has 4 rings (SSSR count). The van der Waals surface area contributed by atoms with Crippen LogP contribution in [0.2, 0.25) is 0 Å². The van der Waals surface area contributed by atoms with Crippen molar-refractivity contribution in [3.8, 4) is 16.9 Å². The highest BCUT2D eigenvalue weighted by molar-refractivity contribution is 5.96. The van der Waals surface area contributed by atoms with Gasteiger partial charge in [-0.2, -0.15) is 5.10 Å². The molecule has 0 bridgehead atoms. The lowest BCUT2D eigenvalue weighted by molar-refractivity contribution is 0.0716. The van der Waals surface area contributed by atoms with Crippen molar-refractivity contribution in [1.29, 1.82) is 0 Å². The molecule has 6 nitrogen and oxygen atoms in total. The van der Waals surface area contributed by atoms with Crippen LogP contribution < -0.4 is 4.74 Å². The van der Waals surface area contributed by atoms with Crippen molar-refractivity contribution < 1.29 is 18.3 Å². The van der Waals surface area contributed by atoms with Gasteiger partial charge in [-0.3, -0.25) is 9.89 Å². The Hall–Kier alpha value is -3.78. The highest BCUT2D eigenvalue weighted by atomic mass is 19.1. The Labute approximate surface area is 209 Å². The van der Waals surface area contributed by atoms with E-state index in [1.165, 1.54) is 12.1 Å². The average molecular weight is 493 g/mol. The molecule has 0 saturated heterocycles. The highest BCUT2D eigenvalue weighted by Crippen LogP contribution is 2.34. The van der Waals surface area contributed by atoms with Crippen LogP contribution >= 0.6 is 0 Å². The maximum absolute atomic E-state index is 13.9. The van der Waals surface area contributed by atoms with Gasteiger partial charge in [0, 0.05) is 35.2 Å². The molecule has 1 heterocycles. The molecule has 4 aromatic rings. The lowest BCUT2D eigenvalue weighted by Crippen LogP contribution is -2.33. The van der Waals surface area contributed by atoms with Gasteiger partial charge in [0.1, 0.15) is 17.4 Å². The minimum atomic E-state index is -0.677. The normalized spacial score (nSPS) is 12.2. The third kappa shape index (κ3) is 5.39. The zero-order chi connectivity index (χ0) is 25.8. The molecule has 3 aromatic carbocycles. The number of benzene rings is 3. The van der Waals surface area contributed by atoms with E-state index in [4.69, 9.17) is 4.74 Å². The Morgan fingerprint density at radius 2 is 1.81 bits per heavy atom. The zero-order valence-corrected chi connectivity index (χ0v) is 20.9. The highest BCUT2D eigenvalue weighted by Gasteiger charge is 2.26. The van der Waals surface area contributed by atoms with Gasteiger partial charge in [-0.15, -0.1) is 0 Å². The van der Waals surface area contributed by atoms with Crippen LogP contribution in [0, 0.1) is 11.6 Å². The van der Waals surface area contributed by atoms with Gasteiger partial charge >= 0.3 is 0 Å². The van der Waals surface area contributed by atoms with E-state index in [0.717, 1.165) is 29.1 Å². The average Bonchev–Trinajstić information content (AvgIpc) is 3.32. The Morgan fingerprint density at radius 3 is 2.50 bits per heavy atom. The van der Waals surface area contributed by atoms with Crippen LogP contribution in [0.3, 0.4) is 0 Å². The summed E-state index contributed by atoms with van der Waals surface area (Å²) in [6, 6.07) is 14.0. The third-order valence-electron chi connectivity index (χ3n) is 6.21. The molecule has 1 aromatic heterocycles. The van der Waals surface area contributed by atoms with Gasteiger partial charge in [-0.05, 0) is 69.9 Å². The Morgan fingerprint density at radius 1 is 1.06 bits per heavy atom. The van der Waals surface area contributed by atoms with Gasteiger partial charge in [0.2, 0.25) is 0 Å². The summed E-state index contributed by atoms with van der Waals surface area (Å²) in [4.78, 5) is 17.5. The number of nitrogens with zero attached hydrogens (tertiary/aromatic N) is 3. The van der Waals surface area contributed by atoms with Crippen LogP contribution in [-0.2, 0) is 0 Å². The number of hydrogen-bond donors (Lipinski definition) is 1. The number of carbonyl (C=O) groups is 1. The Balaban J connectivity index is 1.71. The summed E-state index contributed by atoms with van der Waals surface area (Å²) in [5.41, 5.74) is 3.17. The smallest absolute Gasteiger partial charge is 0.254 e. The molecule has 0 aliphatic carbocycles. The first-order valence-electron chi connectivity index (χ1n) is 11.9. The molecule has 8 heteroatoms. The summed E-state index contributed by atoms with van der Waals surface area (Å²) in [6.45, 7) is 2.94. The predicted molar refractivity (Wildman–Crippen MR) is 137 cm³/mol. The minimum Gasteiger partial charge on any atom is -0.493 e. The van der Waals surface area contributed by atoms with Gasteiger partial charge in [0.05, 0.1) is 24.4 Å². The van der Waals surface area contributed by atoms with Gasteiger partial charge in [0.25, 0.3) is 5.91 Å². The fourth-order valence-electron chi connectivity index (χ4n) is 4.43. The number of nitrogens with one attached hydrogen (secondary N) is 1. The first kappa shape index (κ1) is 25.3. The fraction of sp³-hybridized carbons (Fsp3) is 0.286. The number of halogens is 2. The second-order valence-electron chi connectivity index (χ2n) is 9.01. The molecule has 0 saturated carbocycles. The molecule has 188 valence electrons. The van der Waals surface area contributed by atoms with Crippen molar-refractivity contribution in [3.05, 3.63) is 83.6 Å². The second kappa shape index (κ2) is 10.9. The summed E-state index contributed by atoms with van der Waals surface area (Å²) in [7, 11) is 5.78. The molecule has 0 radical (unpaired) electrons. The van der Waals surface area contributed by atoms with E-state index >= 15 is 0 Å². The molecule has 1 amide bonds. The number of H-pyrrole nitrogens is 1. The summed E-state index contributed by atoms with van der Waals surface area (Å²) in [5, 5.41) is 8.22. The van der Waals surface area contributed by atoms with Crippen LogP contribution in [-0.4, -0.2) is 60.2 Å². The minimum absolute atomic E-state index is 0.187. The second-order valence-corrected chi connectivity index (χ2v) is 9.01. The fourth-order valence-corrected chi connectivity index (χ4v) is 4.43. The summed E-state index contributed by atoms with van der Waals surface area (Å²) >= 11 is 0. The van der Waals surface area contributed by atoms with Gasteiger partial charge < -0.3 is 14.5 Å². The predicted octanol–water partition coefficient (Wildman–Crippen LogP) is 5.67. The van der Waals surface area contributed by atoms with E-state index in [9.17, 15) is 13.6 Å². The van der Waals surface area contributed by atoms with E-state index in [2.05, 4.69) is 15.1 Å². The van der Waals surface area contributed by atoms with Crippen molar-refractivity contribution >= 4 is 16.8 Å². The molecule has 1 atom stereocenters. The number of carbonyl (C=O) groups excluding carboxylic acids is 1. The number of fused-ring (bicyclic) bond motifs is 1. The molecular weight excluding hydrogens is 462 g/mol. The number of ether oxygens (including phenoxy) is 1. The first-order valence-corrected chi connectivity index (χ1v) is 11.9. The summed E-state index contributed by atoms with van der Waals surface area (Å²) in [5.74, 6) is -1.15. The molecule has 0 aliphatic rings. The number of aromatic nitrogens is 2. The lowest BCUT2D eigenvalue weighted by Gasteiger charge is -2.30. The SMILES string of the molecule is CCOc1cc(C(=O)N(C)[C@H](CCN(C)C)c2cccc3cn[nH]c23)ccc1-c1cc(F)cc(F)c1. The van der Waals surface area contributed by atoms with Crippen molar-refractivity contribution in [1.82, 2.24) is 20.0 Å². The van der Waals surface area contributed by atoms with Crippen LogP contribution in [0.15, 0.2) is 60.8 Å². The standard InChI is InChI=1S/C28H30F2N4O2/c1-5-36-26-15-18(9-10-23(26)20-13-21(29)16-22(30)14-20)28(35)34(4)25(11-12-33(2)3)24-8-6-7-19-17-31-32-27(19)24/h6-10,13-17,25H,5,11-12H2,1-4H3,(H,31,32)/t25-/m1/s1. The topological polar surface area (TPSA) is 61.5 Å². The van der Waals surface area contributed by atoms with Gasteiger partial charge in [0.15, 0.2) is 0 Å². The number of hydrogen-bond acceptors (Lipinski definition) is 4. The van der Waals surface area contributed by atoms with Crippen LogP contribution in [0.25, 0.3) is 22.0 Å². The third-order valence-corrected chi connectivity index (χ3v) is 6.21. The van der Waals surface area contributed by atoms with E-state index in [0.29, 0.717) is 35.5 Å². The van der Waals surface area contributed by atoms with E-state index in [1.54, 1.807) is 36.3 Å². The first-order chi connectivity index (χ1) is 17.3. The number of aromatic amines is 1. The molecule has 36 heavy (non-hydrogen) atoms. The Bertz CT molecular complexity index is 1350. The van der Waals surface area contributed by atoms with Gasteiger partial charge in [-0.25, -0.2) is 8.78 Å². The molecule has 0 spiro atoms. The van der Waals surface area contributed by atoms with Crippen molar-refractivity contribution in [2.75, 3.05) is 34.3 Å².